The molecule has 2 aliphatic heterocycles. The van der Waals surface area contributed by atoms with E-state index < -0.39 is 10.0 Å². The minimum Gasteiger partial charge on any atom is -0.379 e. The van der Waals surface area contributed by atoms with Gasteiger partial charge in [0.05, 0.1) is 19.5 Å². The molecule has 0 unspecified atom stereocenters. The summed E-state index contributed by atoms with van der Waals surface area (Å²) in [6, 6.07) is 1.79. The summed E-state index contributed by atoms with van der Waals surface area (Å²) in [5.41, 5.74) is -0.168. The number of aromatic nitrogens is 2. The van der Waals surface area contributed by atoms with Crippen molar-refractivity contribution >= 4 is 16.0 Å². The average Bonchev–Trinajstić information content (AvgIpc) is 2.73. The monoisotopic (exact) mass is 312 g/mol. The van der Waals surface area contributed by atoms with Crippen molar-refractivity contribution < 1.29 is 13.2 Å². The molecule has 0 saturated carbocycles. The molecular formula is C13H20N4O3S. The number of hydrogen-bond acceptors (Lipinski definition) is 6. The van der Waals surface area contributed by atoms with Crippen molar-refractivity contribution in [3.8, 4) is 0 Å². The van der Waals surface area contributed by atoms with Crippen molar-refractivity contribution in [3.63, 3.8) is 0 Å². The van der Waals surface area contributed by atoms with Gasteiger partial charge < -0.3 is 9.64 Å². The Balaban J connectivity index is 1.78. The van der Waals surface area contributed by atoms with Crippen molar-refractivity contribution in [2.45, 2.75) is 6.42 Å². The lowest BCUT2D eigenvalue weighted by Gasteiger charge is -2.30. The van der Waals surface area contributed by atoms with E-state index in [1.165, 1.54) is 10.6 Å². The second kappa shape index (κ2) is 5.51. The number of hydrogen-bond donors (Lipinski definition) is 0. The van der Waals surface area contributed by atoms with Crippen LogP contribution in [0.2, 0.25) is 0 Å². The third-order valence-corrected chi connectivity index (χ3v) is 5.40. The number of nitrogens with zero attached hydrogens (tertiary/aromatic N) is 4. The summed E-state index contributed by atoms with van der Waals surface area (Å²) >= 11 is 0. The minimum atomic E-state index is -3.19. The first-order chi connectivity index (χ1) is 9.99. The molecule has 3 heterocycles. The van der Waals surface area contributed by atoms with Gasteiger partial charge in [0, 0.05) is 44.0 Å². The predicted octanol–water partition coefficient (Wildman–Crippen LogP) is -0.0351. The van der Waals surface area contributed by atoms with Crippen LogP contribution in [0.25, 0.3) is 0 Å². The molecule has 3 rings (SSSR count). The quantitative estimate of drug-likeness (QED) is 0.763. The summed E-state index contributed by atoms with van der Waals surface area (Å²) in [6.07, 6.45) is 5.59. The molecule has 8 heteroatoms. The smallest absolute Gasteiger partial charge is 0.225 e. The van der Waals surface area contributed by atoms with E-state index in [1.54, 1.807) is 18.5 Å². The average molecular weight is 312 g/mol. The van der Waals surface area contributed by atoms with Gasteiger partial charge in [-0.1, -0.05) is 0 Å². The van der Waals surface area contributed by atoms with E-state index in [9.17, 15) is 8.42 Å². The van der Waals surface area contributed by atoms with Gasteiger partial charge in [0.15, 0.2) is 0 Å². The molecule has 0 bridgehead atoms. The Labute approximate surface area is 125 Å². The third kappa shape index (κ3) is 3.17. The first kappa shape index (κ1) is 14.7. The lowest BCUT2D eigenvalue weighted by atomic mass is 9.88. The summed E-state index contributed by atoms with van der Waals surface area (Å²) < 4.78 is 30.9. The maximum absolute atomic E-state index is 11.9. The van der Waals surface area contributed by atoms with E-state index in [1.807, 2.05) is 0 Å². The van der Waals surface area contributed by atoms with Gasteiger partial charge in [-0.3, -0.25) is 0 Å². The van der Waals surface area contributed by atoms with E-state index in [4.69, 9.17) is 4.74 Å². The van der Waals surface area contributed by atoms with Crippen molar-refractivity contribution in [1.82, 2.24) is 14.3 Å². The fraction of sp³-hybridized carbons (Fsp3) is 0.692. The Morgan fingerprint density at radius 1 is 1.24 bits per heavy atom. The van der Waals surface area contributed by atoms with Gasteiger partial charge >= 0.3 is 0 Å². The second-order valence-corrected chi connectivity index (χ2v) is 7.85. The van der Waals surface area contributed by atoms with Gasteiger partial charge in [-0.05, 0) is 12.5 Å². The lowest BCUT2D eigenvalue weighted by molar-refractivity contribution is 0.0807. The van der Waals surface area contributed by atoms with E-state index >= 15 is 0 Å². The standard InChI is InChI=1S/C13H20N4O3S/c1-21(18,19)17-7-8-20-11-13(10-17)3-6-16(9-13)12-14-4-2-5-15-12/h2,4-5H,3,6-11H2,1H3/t13-/m0/s1. The van der Waals surface area contributed by atoms with Crippen LogP contribution in [0.15, 0.2) is 18.5 Å². The van der Waals surface area contributed by atoms with Crippen LogP contribution >= 0.6 is 0 Å². The fourth-order valence-electron chi connectivity index (χ4n) is 3.04. The van der Waals surface area contributed by atoms with Crippen LogP contribution in [0.3, 0.4) is 0 Å². The topological polar surface area (TPSA) is 75.6 Å². The molecule has 1 atom stereocenters. The van der Waals surface area contributed by atoms with Gasteiger partial charge in [0.1, 0.15) is 0 Å². The van der Waals surface area contributed by atoms with Gasteiger partial charge in [-0.2, -0.15) is 4.31 Å². The molecule has 2 fully saturated rings. The summed E-state index contributed by atoms with van der Waals surface area (Å²) in [5.74, 6) is 0.699. The maximum atomic E-state index is 11.9. The zero-order valence-corrected chi connectivity index (χ0v) is 12.9. The molecule has 0 radical (unpaired) electrons. The molecule has 0 amide bonds. The van der Waals surface area contributed by atoms with Crippen molar-refractivity contribution in [1.29, 1.82) is 0 Å². The molecule has 116 valence electrons. The van der Waals surface area contributed by atoms with Gasteiger partial charge in [-0.15, -0.1) is 0 Å². The Kier molecular flexibility index (Phi) is 3.85. The zero-order valence-electron chi connectivity index (χ0n) is 12.1. The largest absolute Gasteiger partial charge is 0.379 e. The van der Waals surface area contributed by atoms with E-state index in [0.29, 0.717) is 32.3 Å². The Bertz CT molecular complexity index is 595. The molecule has 0 aromatic carbocycles. The van der Waals surface area contributed by atoms with Gasteiger partial charge in [0.25, 0.3) is 0 Å². The van der Waals surface area contributed by atoms with Gasteiger partial charge in [-0.25, -0.2) is 18.4 Å². The first-order valence-electron chi connectivity index (χ1n) is 7.03. The van der Waals surface area contributed by atoms with Crippen LogP contribution < -0.4 is 4.90 Å². The van der Waals surface area contributed by atoms with Crippen LogP contribution in [0.4, 0.5) is 5.95 Å². The summed E-state index contributed by atoms with van der Waals surface area (Å²) in [5, 5.41) is 0. The number of anilines is 1. The zero-order chi connectivity index (χ0) is 14.9. The number of ether oxygens (including phenoxy) is 1. The van der Waals surface area contributed by atoms with Crippen molar-refractivity contribution in [2.24, 2.45) is 5.41 Å². The molecule has 7 nitrogen and oxygen atoms in total. The van der Waals surface area contributed by atoms with Crippen LogP contribution in [-0.4, -0.2) is 68.3 Å². The minimum absolute atomic E-state index is 0.168. The van der Waals surface area contributed by atoms with Crippen LogP contribution in [0.1, 0.15) is 6.42 Å². The Morgan fingerprint density at radius 2 is 2.00 bits per heavy atom. The highest BCUT2D eigenvalue weighted by Gasteiger charge is 2.43. The number of rotatable bonds is 2. The number of sulfonamides is 1. The van der Waals surface area contributed by atoms with Crippen LogP contribution in [0.5, 0.6) is 0 Å². The third-order valence-electron chi connectivity index (χ3n) is 4.15. The van der Waals surface area contributed by atoms with E-state index in [0.717, 1.165) is 19.5 Å². The normalized spacial score (nSPS) is 28.0. The summed E-state index contributed by atoms with van der Waals surface area (Å²) in [6.45, 7) is 3.53. The molecular weight excluding hydrogens is 292 g/mol. The summed E-state index contributed by atoms with van der Waals surface area (Å²) in [7, 11) is -3.19. The second-order valence-electron chi connectivity index (χ2n) is 5.87. The molecule has 1 aromatic rings. The predicted molar refractivity (Wildman–Crippen MR) is 78.5 cm³/mol. The lowest BCUT2D eigenvalue weighted by Crippen LogP contribution is -2.43. The maximum Gasteiger partial charge on any atom is 0.225 e. The van der Waals surface area contributed by atoms with Crippen LogP contribution in [-0.2, 0) is 14.8 Å². The van der Waals surface area contributed by atoms with E-state index in [2.05, 4.69) is 14.9 Å². The molecule has 1 aromatic heterocycles. The van der Waals surface area contributed by atoms with Gasteiger partial charge in [0.2, 0.25) is 16.0 Å². The summed E-state index contributed by atoms with van der Waals surface area (Å²) in [4.78, 5) is 10.7. The fourth-order valence-corrected chi connectivity index (χ4v) is 3.96. The molecule has 2 saturated heterocycles. The molecule has 0 aliphatic carbocycles. The highest BCUT2D eigenvalue weighted by Crippen LogP contribution is 2.35. The highest BCUT2D eigenvalue weighted by atomic mass is 32.2. The van der Waals surface area contributed by atoms with Crippen LogP contribution in [0, 0.1) is 5.41 Å². The van der Waals surface area contributed by atoms with Crippen molar-refractivity contribution in [2.75, 3.05) is 50.5 Å². The molecule has 1 spiro atoms. The van der Waals surface area contributed by atoms with Crippen molar-refractivity contribution in [3.05, 3.63) is 18.5 Å². The molecule has 0 N–H and O–H groups in total. The molecule has 2 aliphatic rings. The Hall–Kier alpha value is -1.25. The highest BCUT2D eigenvalue weighted by molar-refractivity contribution is 7.88. The SMILES string of the molecule is CS(=O)(=O)N1CCOC[C@]2(CCN(c3ncccn3)C2)C1. The van der Waals surface area contributed by atoms with E-state index in [-0.39, 0.29) is 5.41 Å². The molecule has 21 heavy (non-hydrogen) atoms. The Morgan fingerprint density at radius 3 is 2.71 bits per heavy atom. The first-order valence-corrected chi connectivity index (χ1v) is 8.88.